The fraction of sp³-hybridized carbons (Fsp3) is 0.308. The lowest BCUT2D eigenvalue weighted by Crippen LogP contribution is -2.42. The van der Waals surface area contributed by atoms with Crippen molar-refractivity contribution in [3.8, 4) is 5.75 Å². The molecule has 1 aliphatic heterocycles. The quantitative estimate of drug-likeness (QED) is 0.598. The molecule has 1 fully saturated rings. The van der Waals surface area contributed by atoms with E-state index in [0.717, 1.165) is 0 Å². The highest BCUT2D eigenvalue weighted by atomic mass is 79.9. The van der Waals surface area contributed by atoms with E-state index < -0.39 is 22.5 Å². The minimum Gasteiger partial charge on any atom is -0.357 e. The molecular formula is C13H11BrFN3O5S. The summed E-state index contributed by atoms with van der Waals surface area (Å²) >= 11 is 3.11. The first-order valence-electron chi connectivity index (χ1n) is 6.82. The van der Waals surface area contributed by atoms with Gasteiger partial charge in [-0.25, -0.2) is 0 Å². The first-order chi connectivity index (χ1) is 11.2. The van der Waals surface area contributed by atoms with Crippen LogP contribution in [0.5, 0.6) is 5.75 Å². The second kappa shape index (κ2) is 5.81. The van der Waals surface area contributed by atoms with Crippen LogP contribution in [0.2, 0.25) is 0 Å². The molecule has 1 unspecified atom stereocenters. The maximum atomic E-state index is 12.8. The van der Waals surface area contributed by atoms with E-state index in [4.69, 9.17) is 0 Å². The molecule has 0 saturated carbocycles. The number of carbonyl (C=O) groups is 2. The van der Waals surface area contributed by atoms with Gasteiger partial charge in [-0.15, -0.1) is 0 Å². The Bertz CT molecular complexity index is 972. The molecule has 1 aliphatic rings. The zero-order valence-electron chi connectivity index (χ0n) is 12.2. The van der Waals surface area contributed by atoms with Crippen LogP contribution in [0.4, 0.5) is 3.89 Å². The molecule has 1 aromatic carbocycles. The Morgan fingerprint density at radius 1 is 1.42 bits per heavy atom. The van der Waals surface area contributed by atoms with Crippen LogP contribution in [0.15, 0.2) is 16.6 Å². The van der Waals surface area contributed by atoms with Gasteiger partial charge in [-0.1, -0.05) is 3.89 Å². The Balaban J connectivity index is 2.13. The number of nitrogens with one attached hydrogen (secondary N) is 1. The largest absolute Gasteiger partial charge is 0.488 e. The molecule has 2 heterocycles. The van der Waals surface area contributed by atoms with E-state index in [0.29, 0.717) is 16.6 Å². The van der Waals surface area contributed by atoms with Gasteiger partial charge >= 0.3 is 10.5 Å². The molecule has 1 aromatic heterocycles. The van der Waals surface area contributed by atoms with Crippen molar-refractivity contribution in [1.82, 2.24) is 15.1 Å². The number of rotatable bonds is 3. The van der Waals surface area contributed by atoms with Crippen molar-refractivity contribution in [2.75, 3.05) is 0 Å². The van der Waals surface area contributed by atoms with Gasteiger partial charge in [-0.3, -0.25) is 19.6 Å². The molecule has 3 rings (SSSR count). The Hall–Kier alpha value is -2.01. The van der Waals surface area contributed by atoms with Crippen LogP contribution in [0.3, 0.4) is 0 Å². The van der Waals surface area contributed by atoms with Gasteiger partial charge < -0.3 is 4.18 Å². The van der Waals surface area contributed by atoms with E-state index in [9.17, 15) is 21.9 Å². The molecule has 1 N–H and O–H groups in total. The molecule has 11 heteroatoms. The number of aryl methyl sites for hydroxylation is 1. The lowest BCUT2D eigenvalue weighted by molar-refractivity contribution is -0.135. The third-order valence-electron chi connectivity index (χ3n) is 3.64. The number of nitrogens with zero attached hydrogens (tertiary/aromatic N) is 2. The van der Waals surface area contributed by atoms with Gasteiger partial charge in [0, 0.05) is 17.9 Å². The molecule has 2 aromatic rings. The molecule has 128 valence electrons. The average molecular weight is 420 g/mol. The summed E-state index contributed by atoms with van der Waals surface area (Å²) in [6, 6.07) is 2.08. The molecule has 1 saturated heterocycles. The molecular weight excluding hydrogens is 409 g/mol. The number of amides is 2. The minimum absolute atomic E-state index is 0.162. The van der Waals surface area contributed by atoms with Crippen molar-refractivity contribution >= 4 is 49.2 Å². The lowest BCUT2D eigenvalue weighted by Gasteiger charge is -2.21. The van der Waals surface area contributed by atoms with Gasteiger partial charge in [-0.05, 0) is 35.3 Å². The first-order valence-corrected chi connectivity index (χ1v) is 8.92. The normalized spacial score (nSPS) is 18.7. The predicted molar refractivity (Wildman–Crippen MR) is 84.2 cm³/mol. The Kier molecular flexibility index (Phi) is 4.08. The SMILES string of the molecule is Cc1nn(C2CCC(=O)NC2=O)c2cc(OS(=O)(=O)F)c(Br)cc12. The fourth-order valence-corrected chi connectivity index (χ4v) is 3.50. The highest BCUT2D eigenvalue weighted by Gasteiger charge is 2.30. The number of piperidine rings is 1. The van der Waals surface area contributed by atoms with E-state index in [2.05, 4.69) is 30.5 Å². The van der Waals surface area contributed by atoms with Crippen molar-refractivity contribution in [2.24, 2.45) is 0 Å². The molecule has 1 atom stereocenters. The summed E-state index contributed by atoms with van der Waals surface area (Å²) in [6.45, 7) is 1.71. The molecule has 0 bridgehead atoms. The number of carbonyl (C=O) groups excluding carboxylic acids is 2. The molecule has 0 radical (unpaired) electrons. The summed E-state index contributed by atoms with van der Waals surface area (Å²) in [6.07, 6.45) is 0.421. The van der Waals surface area contributed by atoms with Gasteiger partial charge in [0.2, 0.25) is 5.91 Å². The maximum absolute atomic E-state index is 12.8. The Morgan fingerprint density at radius 3 is 2.75 bits per heavy atom. The number of halogens is 2. The van der Waals surface area contributed by atoms with Crippen LogP contribution in [-0.2, 0) is 20.1 Å². The van der Waals surface area contributed by atoms with Crippen molar-refractivity contribution in [1.29, 1.82) is 0 Å². The van der Waals surface area contributed by atoms with Crippen LogP contribution in [0.1, 0.15) is 24.6 Å². The minimum atomic E-state index is -5.20. The van der Waals surface area contributed by atoms with E-state index >= 15 is 0 Å². The number of benzene rings is 1. The van der Waals surface area contributed by atoms with Gasteiger partial charge in [0.15, 0.2) is 5.75 Å². The van der Waals surface area contributed by atoms with Crippen LogP contribution in [0.25, 0.3) is 10.9 Å². The first kappa shape index (κ1) is 16.8. The second-order valence-corrected chi connectivity index (χ2v) is 7.08. The van der Waals surface area contributed by atoms with Gasteiger partial charge in [0.25, 0.3) is 5.91 Å². The van der Waals surface area contributed by atoms with E-state index in [1.165, 1.54) is 16.8 Å². The highest BCUT2D eigenvalue weighted by molar-refractivity contribution is 9.10. The Morgan fingerprint density at radius 2 is 2.12 bits per heavy atom. The Labute approximate surface area is 144 Å². The zero-order valence-corrected chi connectivity index (χ0v) is 14.6. The molecule has 8 nitrogen and oxygen atoms in total. The summed E-state index contributed by atoms with van der Waals surface area (Å²) in [4.78, 5) is 23.3. The molecule has 0 spiro atoms. The standard InChI is InChI=1S/C13H11BrFN3O5S/c1-6-7-4-8(14)11(23-24(15,21)22)5-10(7)18(17-6)9-2-3-12(19)16-13(9)20/h4-5,9H,2-3H2,1H3,(H,16,19,20). The zero-order chi connectivity index (χ0) is 17.6. The second-order valence-electron chi connectivity index (χ2n) is 5.27. The number of hydrogen-bond acceptors (Lipinski definition) is 6. The third-order valence-corrected chi connectivity index (χ3v) is 4.64. The van der Waals surface area contributed by atoms with Crippen molar-refractivity contribution in [3.05, 3.63) is 22.3 Å². The van der Waals surface area contributed by atoms with E-state index in [-0.39, 0.29) is 29.0 Å². The third kappa shape index (κ3) is 3.13. The number of hydrogen-bond donors (Lipinski definition) is 1. The number of imide groups is 1. The number of fused-ring (bicyclic) bond motifs is 1. The molecule has 2 amide bonds. The van der Waals surface area contributed by atoms with E-state index in [1.54, 1.807) is 6.92 Å². The summed E-state index contributed by atoms with van der Waals surface area (Å²) in [7, 11) is -5.20. The molecule has 24 heavy (non-hydrogen) atoms. The van der Waals surface area contributed by atoms with E-state index in [1.807, 2.05) is 0 Å². The summed E-state index contributed by atoms with van der Waals surface area (Å²) < 4.78 is 40.2. The summed E-state index contributed by atoms with van der Waals surface area (Å²) in [5.41, 5.74) is 0.980. The predicted octanol–water partition coefficient (Wildman–Crippen LogP) is 1.68. The topological polar surface area (TPSA) is 107 Å². The fourth-order valence-electron chi connectivity index (χ4n) is 2.62. The highest BCUT2D eigenvalue weighted by Crippen LogP contribution is 2.35. The maximum Gasteiger partial charge on any atom is 0.488 e. The summed E-state index contributed by atoms with van der Waals surface area (Å²) in [5, 5.41) is 7.16. The van der Waals surface area contributed by atoms with Crippen LogP contribution >= 0.6 is 15.9 Å². The lowest BCUT2D eigenvalue weighted by atomic mass is 10.1. The molecule has 0 aliphatic carbocycles. The van der Waals surface area contributed by atoms with Crippen molar-refractivity contribution in [2.45, 2.75) is 25.8 Å². The van der Waals surface area contributed by atoms with Crippen molar-refractivity contribution < 1.29 is 26.1 Å². The van der Waals surface area contributed by atoms with Crippen molar-refractivity contribution in [3.63, 3.8) is 0 Å². The van der Waals surface area contributed by atoms with Gasteiger partial charge in [0.05, 0.1) is 15.7 Å². The van der Waals surface area contributed by atoms with Crippen LogP contribution < -0.4 is 9.50 Å². The van der Waals surface area contributed by atoms with Gasteiger partial charge in [-0.2, -0.15) is 13.5 Å². The smallest absolute Gasteiger partial charge is 0.357 e. The van der Waals surface area contributed by atoms with Crippen LogP contribution in [0, 0.1) is 6.92 Å². The monoisotopic (exact) mass is 419 g/mol. The number of aromatic nitrogens is 2. The summed E-state index contributed by atoms with van der Waals surface area (Å²) in [5.74, 6) is -1.13. The van der Waals surface area contributed by atoms with Crippen LogP contribution in [-0.4, -0.2) is 30.0 Å². The van der Waals surface area contributed by atoms with Gasteiger partial charge in [0.1, 0.15) is 6.04 Å². The average Bonchev–Trinajstić information content (AvgIpc) is 2.74.